The second-order valence-corrected chi connectivity index (χ2v) is 13.8. The van der Waals surface area contributed by atoms with Gasteiger partial charge >= 0.3 is 5.97 Å². The van der Waals surface area contributed by atoms with Crippen LogP contribution >= 0.6 is 0 Å². The number of rotatable bonds is 10. The number of methoxy groups -OCH3 is 1. The van der Waals surface area contributed by atoms with Crippen molar-refractivity contribution in [3.63, 3.8) is 0 Å². The van der Waals surface area contributed by atoms with E-state index in [2.05, 4.69) is 13.8 Å². The number of ether oxygens (including phenoxy) is 3. The third-order valence-electron chi connectivity index (χ3n) is 8.59. The van der Waals surface area contributed by atoms with E-state index in [1.54, 1.807) is 51.1 Å². The van der Waals surface area contributed by atoms with Crippen molar-refractivity contribution in [2.24, 2.45) is 17.8 Å². The summed E-state index contributed by atoms with van der Waals surface area (Å²) < 4.78 is 45.5. The number of carbonyl (C=O) groups is 2. The van der Waals surface area contributed by atoms with Crippen molar-refractivity contribution in [2.75, 3.05) is 7.11 Å². The van der Waals surface area contributed by atoms with Gasteiger partial charge in [-0.25, -0.2) is 13.2 Å². The number of hydrogen-bond acceptors (Lipinski definition) is 7. The summed E-state index contributed by atoms with van der Waals surface area (Å²) in [5.41, 5.74) is 0.881. The first-order valence-electron chi connectivity index (χ1n) is 13.8. The van der Waals surface area contributed by atoms with Crippen LogP contribution in [-0.4, -0.2) is 50.3 Å². The molecule has 2 aromatic carbocycles. The molecular weight excluding hydrogens is 528 g/mol. The van der Waals surface area contributed by atoms with Crippen LogP contribution in [0.5, 0.6) is 0 Å². The number of Topliss-reactive ketones (excluding diaryl/α,β-unsaturated/α-hetero) is 1. The van der Waals surface area contributed by atoms with Crippen LogP contribution in [0.3, 0.4) is 0 Å². The topological polar surface area (TPSA) is 96.0 Å². The summed E-state index contributed by atoms with van der Waals surface area (Å²) in [7, 11) is -2.43. The van der Waals surface area contributed by atoms with Gasteiger partial charge in [0, 0.05) is 18.8 Å². The maximum atomic E-state index is 13.8. The summed E-state index contributed by atoms with van der Waals surface area (Å²) in [5.74, 6) is -0.785. The molecule has 0 radical (unpaired) electrons. The van der Waals surface area contributed by atoms with Crippen molar-refractivity contribution >= 4 is 21.6 Å². The van der Waals surface area contributed by atoms with E-state index in [9.17, 15) is 18.0 Å². The zero-order valence-corrected chi connectivity index (χ0v) is 24.9. The number of fused-ring (bicyclic) bond motifs is 1. The maximum Gasteiger partial charge on any atom is 0.337 e. The van der Waals surface area contributed by atoms with Crippen LogP contribution < -0.4 is 0 Å². The normalized spacial score (nSPS) is 25.4. The minimum Gasteiger partial charge on any atom is -0.467 e. The lowest BCUT2D eigenvalue weighted by molar-refractivity contribution is -0.173. The number of carbonyl (C=O) groups excluding carboxylic acids is 2. The van der Waals surface area contributed by atoms with Gasteiger partial charge in [0.1, 0.15) is 0 Å². The first-order chi connectivity index (χ1) is 18.9. The summed E-state index contributed by atoms with van der Waals surface area (Å²) >= 11 is 0. The van der Waals surface area contributed by atoms with E-state index >= 15 is 0 Å². The summed E-state index contributed by atoms with van der Waals surface area (Å²) in [6, 6.07) is 17.9. The molecule has 0 aromatic heterocycles. The molecule has 0 unspecified atom stereocenters. The summed E-state index contributed by atoms with van der Waals surface area (Å²) in [5, 5.41) is -0.878. The number of ketones is 1. The molecule has 1 heterocycles. The summed E-state index contributed by atoms with van der Waals surface area (Å²) in [4.78, 5) is 26.5. The van der Waals surface area contributed by atoms with E-state index in [1.165, 1.54) is 7.11 Å². The zero-order chi connectivity index (χ0) is 29.2. The van der Waals surface area contributed by atoms with Gasteiger partial charge in [-0.15, -0.1) is 0 Å². The minimum absolute atomic E-state index is 0.0303. The van der Waals surface area contributed by atoms with Crippen molar-refractivity contribution in [3.05, 3.63) is 77.4 Å². The average Bonchev–Trinajstić information content (AvgIpc) is 3.32. The van der Waals surface area contributed by atoms with Gasteiger partial charge in [-0.2, -0.15) is 0 Å². The second kappa shape index (κ2) is 12.0. The summed E-state index contributed by atoms with van der Waals surface area (Å²) in [6.45, 7) is 9.42. The summed E-state index contributed by atoms with van der Waals surface area (Å²) in [6.07, 6.45) is -0.964. The quantitative estimate of drug-likeness (QED) is 0.357. The predicted molar refractivity (Wildman–Crippen MR) is 152 cm³/mol. The molecule has 1 aliphatic carbocycles. The monoisotopic (exact) mass is 568 g/mol. The molecule has 216 valence electrons. The minimum atomic E-state index is -3.74. The Kier molecular flexibility index (Phi) is 9.02. The molecule has 0 spiro atoms. The number of esters is 1. The fourth-order valence-corrected chi connectivity index (χ4v) is 7.71. The average molecular weight is 569 g/mol. The van der Waals surface area contributed by atoms with E-state index in [4.69, 9.17) is 14.2 Å². The standard InChI is InChI=1S/C32H40O7S/c1-20(2)25-17-26(33)21(3)28-27(18-32(5,31(34)37-6)38-19-23-13-9-7-10-14-23)39-30(29(25)28)22(4)40(35,36)24-15-11-8-12-16-24/h7-16,20,22,25,27,29-30H,17-19H2,1-6H3/t22-,25+,27+,29+,30-,32-/m0/s1. The third kappa shape index (κ3) is 5.80. The SMILES string of the molecule is COC(=O)[C@](C)(C[C@H]1O[C@@H]([C@H](C)S(=O)(=O)c2ccccc2)[C@H]2C1=C(C)C(=O)C[C@@H]2C(C)C)OCc1ccccc1. The highest BCUT2D eigenvalue weighted by molar-refractivity contribution is 7.92. The Morgan fingerprint density at radius 2 is 1.65 bits per heavy atom. The Labute approximate surface area is 237 Å². The Morgan fingerprint density at radius 3 is 2.23 bits per heavy atom. The number of hydrogen-bond donors (Lipinski definition) is 0. The maximum absolute atomic E-state index is 13.8. The lowest BCUT2D eigenvalue weighted by Crippen LogP contribution is -2.43. The molecule has 0 bridgehead atoms. The lowest BCUT2D eigenvalue weighted by atomic mass is 9.67. The molecule has 0 N–H and O–H groups in total. The van der Waals surface area contributed by atoms with Gasteiger partial charge in [0.25, 0.3) is 0 Å². The Morgan fingerprint density at radius 1 is 1.05 bits per heavy atom. The molecule has 1 saturated heterocycles. The van der Waals surface area contributed by atoms with Gasteiger partial charge in [-0.3, -0.25) is 4.79 Å². The Balaban J connectivity index is 1.74. The van der Waals surface area contributed by atoms with Gasteiger partial charge < -0.3 is 14.2 Å². The fourth-order valence-electron chi connectivity index (χ4n) is 6.16. The van der Waals surface area contributed by atoms with Crippen molar-refractivity contribution in [2.45, 2.75) is 82.0 Å². The largest absolute Gasteiger partial charge is 0.467 e. The molecular formula is C32H40O7S. The number of benzene rings is 2. The van der Waals surface area contributed by atoms with Crippen LogP contribution in [0.25, 0.3) is 0 Å². The highest BCUT2D eigenvalue weighted by atomic mass is 32.2. The molecule has 1 fully saturated rings. The van der Waals surface area contributed by atoms with Crippen LogP contribution in [0.15, 0.2) is 76.7 Å². The van der Waals surface area contributed by atoms with Gasteiger partial charge in [0.05, 0.1) is 36.1 Å². The van der Waals surface area contributed by atoms with E-state index in [-0.39, 0.29) is 41.5 Å². The molecule has 2 aliphatic rings. The van der Waals surface area contributed by atoms with Gasteiger partial charge in [0.2, 0.25) is 0 Å². The van der Waals surface area contributed by atoms with Gasteiger partial charge in [-0.1, -0.05) is 62.4 Å². The molecule has 7 nitrogen and oxygen atoms in total. The Hall–Kier alpha value is -2.81. The van der Waals surface area contributed by atoms with E-state index in [0.29, 0.717) is 12.0 Å². The lowest BCUT2D eigenvalue weighted by Gasteiger charge is -2.37. The molecule has 8 heteroatoms. The first kappa shape index (κ1) is 30.2. The van der Waals surface area contributed by atoms with Crippen LogP contribution in [0.4, 0.5) is 0 Å². The smallest absolute Gasteiger partial charge is 0.337 e. The molecule has 0 saturated carbocycles. The molecule has 40 heavy (non-hydrogen) atoms. The van der Waals surface area contributed by atoms with Gasteiger partial charge in [0.15, 0.2) is 21.2 Å². The van der Waals surface area contributed by atoms with Crippen molar-refractivity contribution < 1.29 is 32.2 Å². The predicted octanol–water partition coefficient (Wildman–Crippen LogP) is 5.33. The van der Waals surface area contributed by atoms with E-state index in [0.717, 1.165) is 11.1 Å². The van der Waals surface area contributed by atoms with Crippen molar-refractivity contribution in [1.82, 2.24) is 0 Å². The second-order valence-electron chi connectivity index (χ2n) is 11.5. The third-order valence-corrected chi connectivity index (χ3v) is 10.8. The van der Waals surface area contributed by atoms with E-state index in [1.807, 2.05) is 30.3 Å². The van der Waals surface area contributed by atoms with Crippen molar-refractivity contribution in [1.29, 1.82) is 0 Å². The Bertz CT molecular complexity index is 1350. The van der Waals surface area contributed by atoms with Crippen molar-refractivity contribution in [3.8, 4) is 0 Å². The van der Waals surface area contributed by atoms with Crippen LogP contribution in [0.1, 0.15) is 53.0 Å². The molecule has 0 amide bonds. The highest BCUT2D eigenvalue weighted by Crippen LogP contribution is 2.50. The first-order valence-corrected chi connectivity index (χ1v) is 15.4. The van der Waals surface area contributed by atoms with Crippen LogP contribution in [0, 0.1) is 17.8 Å². The zero-order valence-electron chi connectivity index (χ0n) is 24.1. The van der Waals surface area contributed by atoms with E-state index < -0.39 is 38.9 Å². The van der Waals surface area contributed by atoms with Gasteiger partial charge in [-0.05, 0) is 61.4 Å². The number of allylic oxidation sites excluding steroid dienone is 1. The molecule has 1 aliphatic heterocycles. The molecule has 2 aromatic rings. The molecule has 4 rings (SSSR count). The molecule has 6 atom stereocenters. The number of sulfone groups is 1. The van der Waals surface area contributed by atoms with Crippen LogP contribution in [-0.2, 0) is 40.2 Å². The highest BCUT2D eigenvalue weighted by Gasteiger charge is 2.55. The van der Waals surface area contributed by atoms with Crippen LogP contribution in [0.2, 0.25) is 0 Å². The fraction of sp³-hybridized carbons (Fsp3) is 0.500.